The van der Waals surface area contributed by atoms with Crippen molar-refractivity contribution in [3.8, 4) is 0 Å². The lowest BCUT2D eigenvalue weighted by Gasteiger charge is -2.00. The number of nitrogens with one attached hydrogen (secondary N) is 1. The maximum absolute atomic E-state index is 12.5. The predicted molar refractivity (Wildman–Crippen MR) is 100 cm³/mol. The van der Waals surface area contributed by atoms with Gasteiger partial charge in [0, 0.05) is 34.4 Å². The summed E-state index contributed by atoms with van der Waals surface area (Å²) in [5, 5.41) is 7.50. The zero-order valence-electron chi connectivity index (χ0n) is 12.9. The first kappa shape index (κ1) is 15.9. The Morgan fingerprint density at radius 1 is 1.24 bits per heavy atom. The largest absolute Gasteiger partial charge is 0.298 e. The van der Waals surface area contributed by atoms with Crippen molar-refractivity contribution in [3.05, 3.63) is 75.6 Å². The minimum Gasteiger partial charge on any atom is -0.298 e. The summed E-state index contributed by atoms with van der Waals surface area (Å²) in [6, 6.07) is 9.89. The summed E-state index contributed by atoms with van der Waals surface area (Å²) in [6.45, 7) is 0. The number of hydrogen-bond donors (Lipinski definition) is 1. The summed E-state index contributed by atoms with van der Waals surface area (Å²) in [6.07, 6.45) is 7.44. The molecule has 0 aliphatic heterocycles. The molecule has 0 radical (unpaired) electrons. The van der Waals surface area contributed by atoms with Crippen molar-refractivity contribution in [2.24, 2.45) is 0 Å². The van der Waals surface area contributed by atoms with Crippen LogP contribution in [0, 0.1) is 0 Å². The lowest BCUT2D eigenvalue weighted by atomic mass is 10.1. The third-order valence-electron chi connectivity index (χ3n) is 3.57. The Kier molecular flexibility index (Phi) is 4.29. The molecule has 4 rings (SSSR count). The quantitative estimate of drug-likeness (QED) is 0.552. The van der Waals surface area contributed by atoms with Gasteiger partial charge in [0.2, 0.25) is 0 Å². The molecule has 1 N–H and O–H groups in total. The molecule has 1 amide bonds. The van der Waals surface area contributed by atoms with Gasteiger partial charge in [-0.2, -0.15) is 5.10 Å². The maximum atomic E-state index is 12.5. The van der Waals surface area contributed by atoms with Crippen LogP contribution in [-0.2, 0) is 6.42 Å². The molecule has 0 spiro atoms. The normalized spacial score (nSPS) is 10.9. The minimum atomic E-state index is -0.267. The van der Waals surface area contributed by atoms with Gasteiger partial charge < -0.3 is 0 Å². The van der Waals surface area contributed by atoms with Gasteiger partial charge >= 0.3 is 0 Å². The molecule has 0 bridgehead atoms. The van der Waals surface area contributed by atoms with Crippen molar-refractivity contribution in [3.63, 3.8) is 0 Å². The number of hydrogen-bond acceptors (Lipinski definition) is 5. The third-order valence-corrected chi connectivity index (χ3v) is 4.97. The summed E-state index contributed by atoms with van der Waals surface area (Å²) in [5.74, 6) is -0.267. The van der Waals surface area contributed by atoms with Crippen LogP contribution in [0.1, 0.15) is 20.8 Å². The number of amides is 1. The van der Waals surface area contributed by atoms with Gasteiger partial charge in [-0.15, -0.1) is 11.3 Å². The highest BCUT2D eigenvalue weighted by Gasteiger charge is 2.15. The monoisotopic (exact) mass is 413 g/mol. The molecule has 0 aliphatic rings. The standard InChI is InChI=1S/C17H12BrN5OS/c18-12-4-1-3-11(7-12)8-13-9-20-17(25-13)22-16(24)14-10-21-23-6-2-5-19-15(14)23/h1-7,9-10H,8H2,(H,20,22,24). The smallest absolute Gasteiger partial charge is 0.262 e. The van der Waals surface area contributed by atoms with Gasteiger partial charge in [-0.1, -0.05) is 28.1 Å². The van der Waals surface area contributed by atoms with Crippen molar-refractivity contribution in [2.45, 2.75) is 6.42 Å². The van der Waals surface area contributed by atoms with E-state index in [0.717, 1.165) is 15.8 Å². The number of anilines is 1. The van der Waals surface area contributed by atoms with Gasteiger partial charge in [-0.05, 0) is 23.8 Å². The average Bonchev–Trinajstić information content (AvgIpc) is 3.21. The second kappa shape index (κ2) is 6.73. The Morgan fingerprint density at radius 3 is 3.04 bits per heavy atom. The van der Waals surface area contributed by atoms with Crippen LogP contribution in [-0.4, -0.2) is 25.5 Å². The highest BCUT2D eigenvalue weighted by molar-refractivity contribution is 9.10. The van der Waals surface area contributed by atoms with Crippen LogP contribution in [0.15, 0.2) is 59.6 Å². The van der Waals surface area contributed by atoms with Crippen molar-refractivity contribution >= 4 is 44.0 Å². The number of rotatable bonds is 4. The topological polar surface area (TPSA) is 72.2 Å². The second-order valence-corrected chi connectivity index (χ2v) is 7.37. The molecule has 6 nitrogen and oxygen atoms in total. The number of fused-ring (bicyclic) bond motifs is 1. The number of thiazole rings is 1. The molecule has 0 saturated heterocycles. The molecule has 4 aromatic rings. The number of nitrogens with zero attached hydrogens (tertiary/aromatic N) is 4. The van der Waals surface area contributed by atoms with Gasteiger partial charge in [-0.3, -0.25) is 10.1 Å². The van der Waals surface area contributed by atoms with Crippen LogP contribution in [0.4, 0.5) is 5.13 Å². The average molecular weight is 414 g/mol. The first-order chi connectivity index (χ1) is 12.2. The Balaban J connectivity index is 1.50. The Hall–Kier alpha value is -2.58. The van der Waals surface area contributed by atoms with Crippen molar-refractivity contribution in [2.75, 3.05) is 5.32 Å². The zero-order valence-corrected chi connectivity index (χ0v) is 15.3. The second-order valence-electron chi connectivity index (χ2n) is 5.34. The summed E-state index contributed by atoms with van der Waals surface area (Å²) in [4.78, 5) is 22.0. The molecular weight excluding hydrogens is 402 g/mol. The first-order valence-electron chi connectivity index (χ1n) is 7.48. The fourth-order valence-corrected chi connectivity index (χ4v) is 3.74. The van der Waals surface area contributed by atoms with Gasteiger partial charge in [-0.25, -0.2) is 14.5 Å². The summed E-state index contributed by atoms with van der Waals surface area (Å²) >= 11 is 4.93. The molecule has 3 aromatic heterocycles. The van der Waals surface area contributed by atoms with Gasteiger partial charge in [0.05, 0.1) is 6.20 Å². The maximum Gasteiger partial charge on any atom is 0.262 e. The van der Waals surface area contributed by atoms with E-state index in [2.05, 4.69) is 48.4 Å². The fourth-order valence-electron chi connectivity index (χ4n) is 2.45. The highest BCUT2D eigenvalue weighted by atomic mass is 79.9. The number of benzene rings is 1. The van der Waals surface area contributed by atoms with Crippen LogP contribution in [0.5, 0.6) is 0 Å². The first-order valence-corrected chi connectivity index (χ1v) is 9.09. The van der Waals surface area contributed by atoms with E-state index in [1.807, 2.05) is 12.1 Å². The van der Waals surface area contributed by atoms with Crippen molar-refractivity contribution < 1.29 is 4.79 Å². The lowest BCUT2D eigenvalue weighted by Crippen LogP contribution is -2.11. The Labute approximate surface area is 155 Å². The molecule has 1 aromatic carbocycles. The third kappa shape index (κ3) is 3.45. The van der Waals surface area contributed by atoms with Crippen molar-refractivity contribution in [1.29, 1.82) is 0 Å². The molecule has 0 atom stereocenters. The minimum absolute atomic E-state index is 0.267. The van der Waals surface area contributed by atoms with Gasteiger partial charge in [0.1, 0.15) is 5.56 Å². The molecule has 0 saturated carbocycles. The number of aromatic nitrogens is 4. The van der Waals surface area contributed by atoms with Gasteiger partial charge in [0.25, 0.3) is 5.91 Å². The number of carbonyl (C=O) groups excluding carboxylic acids is 1. The predicted octanol–water partition coefficient (Wildman–Crippen LogP) is 3.79. The number of carbonyl (C=O) groups is 1. The van der Waals surface area contributed by atoms with Crippen LogP contribution >= 0.6 is 27.3 Å². The molecule has 124 valence electrons. The zero-order chi connectivity index (χ0) is 17.2. The molecular formula is C17H12BrN5OS. The van der Waals surface area contributed by atoms with E-state index in [0.29, 0.717) is 16.3 Å². The molecule has 25 heavy (non-hydrogen) atoms. The Bertz CT molecular complexity index is 1060. The molecule has 0 unspecified atom stereocenters. The van der Waals surface area contributed by atoms with Crippen LogP contribution in [0.25, 0.3) is 5.65 Å². The van der Waals surface area contributed by atoms with Crippen LogP contribution < -0.4 is 5.32 Å². The van der Waals surface area contributed by atoms with Gasteiger partial charge in [0.15, 0.2) is 10.8 Å². The number of halogens is 1. The molecule has 0 fully saturated rings. The summed E-state index contributed by atoms with van der Waals surface area (Å²) in [7, 11) is 0. The van der Waals surface area contributed by atoms with E-state index in [1.165, 1.54) is 23.1 Å². The van der Waals surface area contributed by atoms with Crippen molar-refractivity contribution in [1.82, 2.24) is 19.6 Å². The molecule has 3 heterocycles. The van der Waals surface area contributed by atoms with E-state index >= 15 is 0 Å². The van der Waals surface area contributed by atoms with E-state index < -0.39 is 0 Å². The fraction of sp³-hybridized carbons (Fsp3) is 0.0588. The highest BCUT2D eigenvalue weighted by Crippen LogP contribution is 2.23. The molecule has 8 heteroatoms. The SMILES string of the molecule is O=C(Nc1ncc(Cc2cccc(Br)c2)s1)c1cnn2cccnc12. The van der Waals surface area contributed by atoms with E-state index in [-0.39, 0.29) is 5.91 Å². The van der Waals surface area contributed by atoms with Crippen LogP contribution in [0.3, 0.4) is 0 Å². The Morgan fingerprint density at radius 2 is 2.16 bits per heavy atom. The van der Waals surface area contributed by atoms with Crippen LogP contribution in [0.2, 0.25) is 0 Å². The molecule has 0 aliphatic carbocycles. The summed E-state index contributed by atoms with van der Waals surface area (Å²) < 4.78 is 2.61. The van der Waals surface area contributed by atoms with E-state index in [9.17, 15) is 4.79 Å². The lowest BCUT2D eigenvalue weighted by molar-refractivity contribution is 0.102. The summed E-state index contributed by atoms with van der Waals surface area (Å²) in [5.41, 5.74) is 2.12. The van der Waals surface area contributed by atoms with E-state index in [1.54, 1.807) is 29.2 Å². The van der Waals surface area contributed by atoms with E-state index in [4.69, 9.17) is 0 Å².